The second kappa shape index (κ2) is 7.05. The van der Waals surface area contributed by atoms with Gasteiger partial charge in [-0.3, -0.25) is 14.5 Å². The summed E-state index contributed by atoms with van der Waals surface area (Å²) in [5, 5.41) is 6.95. The summed E-state index contributed by atoms with van der Waals surface area (Å²) < 4.78 is 2.20. The van der Waals surface area contributed by atoms with E-state index < -0.39 is 0 Å². The van der Waals surface area contributed by atoms with Crippen molar-refractivity contribution in [2.45, 2.75) is 25.9 Å². The van der Waals surface area contributed by atoms with Gasteiger partial charge in [0.25, 0.3) is 0 Å². The number of nitrogens with zero attached hydrogens (tertiary/aromatic N) is 2. The van der Waals surface area contributed by atoms with Gasteiger partial charge in [0.1, 0.15) is 0 Å². The molecule has 1 saturated heterocycles. The summed E-state index contributed by atoms with van der Waals surface area (Å²) in [5.74, 6) is -0.149. The van der Waals surface area contributed by atoms with Gasteiger partial charge in [-0.25, -0.2) is 0 Å². The first kappa shape index (κ1) is 16.5. The molecular weight excluding hydrogens is 304 g/mol. The highest BCUT2D eigenvalue weighted by molar-refractivity contribution is 5.88. The number of carbonyl (C=O) groups excluding carboxylic acids is 2. The van der Waals surface area contributed by atoms with Crippen LogP contribution in [0, 0.1) is 6.92 Å². The largest absolute Gasteiger partial charge is 0.354 e. The number of benzene rings is 1. The van der Waals surface area contributed by atoms with Gasteiger partial charge in [-0.1, -0.05) is 18.2 Å². The molecule has 0 bridgehead atoms. The van der Waals surface area contributed by atoms with Crippen molar-refractivity contribution in [1.29, 1.82) is 0 Å². The highest BCUT2D eigenvalue weighted by Gasteiger charge is 2.28. The molecule has 128 valence electrons. The summed E-state index contributed by atoms with van der Waals surface area (Å²) in [5.41, 5.74) is 2.35. The van der Waals surface area contributed by atoms with Crippen LogP contribution >= 0.6 is 0 Å². The molecule has 0 saturated carbocycles. The molecule has 6 nitrogen and oxygen atoms in total. The SMILES string of the molecule is Cc1cc2ccccc2n1CCNC(=O)C[C@H]1C(=O)NCCN1C. The average Bonchev–Trinajstić information content (AvgIpc) is 2.87. The molecule has 2 heterocycles. The molecule has 2 N–H and O–H groups in total. The van der Waals surface area contributed by atoms with E-state index >= 15 is 0 Å². The molecule has 1 fully saturated rings. The minimum Gasteiger partial charge on any atom is -0.354 e. The van der Waals surface area contributed by atoms with Gasteiger partial charge >= 0.3 is 0 Å². The van der Waals surface area contributed by atoms with E-state index in [0.29, 0.717) is 13.1 Å². The Kier molecular flexibility index (Phi) is 4.85. The maximum absolute atomic E-state index is 12.2. The van der Waals surface area contributed by atoms with E-state index in [9.17, 15) is 9.59 Å². The first-order valence-corrected chi connectivity index (χ1v) is 8.36. The Morgan fingerprint density at radius 3 is 2.96 bits per heavy atom. The van der Waals surface area contributed by atoms with Crippen LogP contribution < -0.4 is 10.6 Å². The lowest BCUT2D eigenvalue weighted by molar-refractivity contribution is -0.133. The molecule has 1 aliphatic heterocycles. The molecule has 2 amide bonds. The lowest BCUT2D eigenvalue weighted by atomic mass is 10.1. The minimum absolute atomic E-state index is 0.0638. The van der Waals surface area contributed by atoms with Gasteiger partial charge in [-0.05, 0) is 31.5 Å². The van der Waals surface area contributed by atoms with Crippen LogP contribution in [0.1, 0.15) is 12.1 Å². The maximum Gasteiger partial charge on any atom is 0.237 e. The monoisotopic (exact) mass is 328 g/mol. The Bertz CT molecular complexity index is 753. The van der Waals surface area contributed by atoms with Crippen LogP contribution in [0.3, 0.4) is 0 Å². The second-order valence-corrected chi connectivity index (χ2v) is 6.34. The predicted molar refractivity (Wildman–Crippen MR) is 93.7 cm³/mol. The summed E-state index contributed by atoms with van der Waals surface area (Å²) in [4.78, 5) is 25.9. The number of hydrogen-bond donors (Lipinski definition) is 2. The van der Waals surface area contributed by atoms with Gasteiger partial charge in [0.05, 0.1) is 12.5 Å². The lowest BCUT2D eigenvalue weighted by Crippen LogP contribution is -2.55. The maximum atomic E-state index is 12.2. The van der Waals surface area contributed by atoms with E-state index in [-0.39, 0.29) is 24.3 Å². The van der Waals surface area contributed by atoms with Crippen molar-refractivity contribution in [3.8, 4) is 0 Å². The standard InChI is InChI=1S/C18H24N4O2/c1-13-11-14-5-3-4-6-15(14)22(13)10-8-19-17(23)12-16-18(24)20-7-9-21(16)2/h3-6,11,16H,7-10,12H2,1-2H3,(H,19,23)(H,20,24)/t16-/m0/s1. The molecule has 1 aromatic carbocycles. The van der Waals surface area contributed by atoms with Gasteiger partial charge in [-0.15, -0.1) is 0 Å². The number of aryl methyl sites for hydroxylation is 1. The summed E-state index contributed by atoms with van der Waals surface area (Å²) in [6, 6.07) is 10.0. The Morgan fingerprint density at radius 2 is 2.17 bits per heavy atom. The molecule has 0 unspecified atom stereocenters. The van der Waals surface area contributed by atoms with Crippen LogP contribution in [0.2, 0.25) is 0 Å². The van der Waals surface area contributed by atoms with Crippen LogP contribution in [0.25, 0.3) is 10.9 Å². The van der Waals surface area contributed by atoms with E-state index in [1.54, 1.807) is 0 Å². The molecule has 0 radical (unpaired) electrons. The average molecular weight is 328 g/mol. The first-order valence-electron chi connectivity index (χ1n) is 8.36. The van der Waals surface area contributed by atoms with Crippen LogP contribution in [0.4, 0.5) is 0 Å². The molecule has 0 aliphatic carbocycles. The Balaban J connectivity index is 1.55. The third-order valence-electron chi connectivity index (χ3n) is 4.65. The van der Waals surface area contributed by atoms with E-state index in [0.717, 1.165) is 13.1 Å². The number of carbonyl (C=O) groups is 2. The van der Waals surface area contributed by atoms with Gasteiger partial charge < -0.3 is 15.2 Å². The number of para-hydroxylation sites is 1. The van der Waals surface area contributed by atoms with Crippen molar-refractivity contribution in [3.05, 3.63) is 36.0 Å². The van der Waals surface area contributed by atoms with E-state index in [1.165, 1.54) is 16.6 Å². The number of rotatable bonds is 5. The van der Waals surface area contributed by atoms with Crippen molar-refractivity contribution in [2.24, 2.45) is 0 Å². The molecule has 1 aromatic heterocycles. The van der Waals surface area contributed by atoms with Crippen molar-refractivity contribution in [2.75, 3.05) is 26.7 Å². The van der Waals surface area contributed by atoms with E-state index in [1.807, 2.05) is 24.1 Å². The van der Waals surface area contributed by atoms with Crippen molar-refractivity contribution < 1.29 is 9.59 Å². The zero-order valence-electron chi connectivity index (χ0n) is 14.2. The van der Waals surface area contributed by atoms with Crippen LogP contribution in [-0.2, 0) is 16.1 Å². The van der Waals surface area contributed by atoms with Gasteiger partial charge in [0.2, 0.25) is 11.8 Å². The summed E-state index contributed by atoms with van der Waals surface area (Å²) in [6.45, 7) is 4.77. The third kappa shape index (κ3) is 3.43. The van der Waals surface area contributed by atoms with Crippen LogP contribution in [0.15, 0.2) is 30.3 Å². The third-order valence-corrected chi connectivity index (χ3v) is 4.65. The molecule has 24 heavy (non-hydrogen) atoms. The summed E-state index contributed by atoms with van der Waals surface area (Å²) >= 11 is 0. The van der Waals surface area contributed by atoms with E-state index in [2.05, 4.69) is 40.3 Å². The molecular formula is C18H24N4O2. The molecule has 6 heteroatoms. The smallest absolute Gasteiger partial charge is 0.237 e. The summed E-state index contributed by atoms with van der Waals surface area (Å²) in [6.07, 6.45) is 0.202. The number of likely N-dealkylation sites (N-methyl/N-ethyl adjacent to an activating group) is 1. The van der Waals surface area contributed by atoms with Gasteiger partial charge in [0, 0.05) is 37.4 Å². The van der Waals surface area contributed by atoms with Gasteiger partial charge in [0.15, 0.2) is 0 Å². The minimum atomic E-state index is -0.368. The second-order valence-electron chi connectivity index (χ2n) is 6.34. The fourth-order valence-electron chi connectivity index (χ4n) is 3.28. The van der Waals surface area contributed by atoms with E-state index in [4.69, 9.17) is 0 Å². The Morgan fingerprint density at radius 1 is 1.38 bits per heavy atom. The lowest BCUT2D eigenvalue weighted by Gasteiger charge is -2.31. The van der Waals surface area contributed by atoms with Crippen molar-refractivity contribution >= 4 is 22.7 Å². The predicted octanol–water partition coefficient (Wildman–Crippen LogP) is 0.886. The fraction of sp³-hybridized carbons (Fsp3) is 0.444. The fourth-order valence-corrected chi connectivity index (χ4v) is 3.28. The van der Waals surface area contributed by atoms with Gasteiger partial charge in [-0.2, -0.15) is 0 Å². The normalized spacial score (nSPS) is 18.6. The zero-order valence-corrected chi connectivity index (χ0v) is 14.2. The number of nitrogens with one attached hydrogen (secondary N) is 2. The zero-order chi connectivity index (χ0) is 17.1. The highest BCUT2D eigenvalue weighted by atomic mass is 16.2. The number of hydrogen-bond acceptors (Lipinski definition) is 3. The molecule has 1 atom stereocenters. The number of aromatic nitrogens is 1. The Labute approximate surface area is 141 Å². The highest BCUT2D eigenvalue weighted by Crippen LogP contribution is 2.18. The quantitative estimate of drug-likeness (QED) is 0.856. The van der Waals surface area contributed by atoms with Crippen LogP contribution in [0.5, 0.6) is 0 Å². The Hall–Kier alpha value is -2.34. The summed E-state index contributed by atoms with van der Waals surface area (Å²) in [7, 11) is 1.88. The molecule has 1 aliphatic rings. The molecule has 2 aromatic rings. The van der Waals surface area contributed by atoms with Crippen LogP contribution in [-0.4, -0.2) is 54.0 Å². The van der Waals surface area contributed by atoms with Crippen molar-refractivity contribution in [3.63, 3.8) is 0 Å². The number of amides is 2. The van der Waals surface area contributed by atoms with Crippen molar-refractivity contribution in [1.82, 2.24) is 20.1 Å². The first-order chi connectivity index (χ1) is 11.6. The number of piperazine rings is 1. The molecule has 0 spiro atoms. The number of fused-ring (bicyclic) bond motifs is 1. The topological polar surface area (TPSA) is 66.4 Å². The molecule has 3 rings (SSSR count).